The van der Waals surface area contributed by atoms with Crippen molar-refractivity contribution >= 4 is 5.97 Å². The predicted octanol–water partition coefficient (Wildman–Crippen LogP) is 2.57. The van der Waals surface area contributed by atoms with Crippen molar-refractivity contribution in [2.45, 2.75) is 51.9 Å². The molecular weight excluding hydrogens is 368 g/mol. The summed E-state index contributed by atoms with van der Waals surface area (Å²) in [5.41, 5.74) is 0.678. The van der Waals surface area contributed by atoms with Crippen LogP contribution in [-0.4, -0.2) is 46.3 Å². The van der Waals surface area contributed by atoms with Gasteiger partial charge in [-0.3, -0.25) is 4.79 Å². The second-order valence-electron chi connectivity index (χ2n) is 7.81. The third-order valence-corrected chi connectivity index (χ3v) is 5.76. The third-order valence-electron chi connectivity index (χ3n) is 5.76. The number of carbonyl (C=O) groups excluding carboxylic acids is 1. The first-order valence-electron chi connectivity index (χ1n) is 10.3. The van der Waals surface area contributed by atoms with Crippen molar-refractivity contribution in [2.24, 2.45) is 0 Å². The zero-order valence-electron chi connectivity index (χ0n) is 17.4. The molecule has 0 bridgehead atoms. The Morgan fingerprint density at radius 2 is 1.83 bits per heavy atom. The van der Waals surface area contributed by atoms with E-state index >= 15 is 0 Å². The zero-order chi connectivity index (χ0) is 21.0. The highest BCUT2D eigenvalue weighted by atomic mass is 16.6. The van der Waals surface area contributed by atoms with Gasteiger partial charge in [-0.05, 0) is 44.5 Å². The lowest BCUT2D eigenvalue weighted by molar-refractivity contribution is -0.00293. The second kappa shape index (κ2) is 8.93. The number of benzene rings is 1. The molecule has 1 aliphatic rings. The number of ether oxygens (including phenoxy) is 1. The van der Waals surface area contributed by atoms with Crippen molar-refractivity contribution in [2.75, 3.05) is 19.6 Å². The van der Waals surface area contributed by atoms with E-state index in [1.165, 1.54) is 4.57 Å². The Morgan fingerprint density at radius 1 is 1.14 bits per heavy atom. The minimum Gasteiger partial charge on any atom is -0.451 e. The SMILES string of the molecule is CCN(CC)C[C@@H](O)Cn1ccc2c(c1=O)C(=O)O[C@@]2(C)CCc1ccccc1. The van der Waals surface area contributed by atoms with Gasteiger partial charge in [0.2, 0.25) is 0 Å². The van der Waals surface area contributed by atoms with Gasteiger partial charge in [0.25, 0.3) is 5.56 Å². The number of aryl methyl sites for hydroxylation is 1. The van der Waals surface area contributed by atoms with Gasteiger partial charge in [-0.2, -0.15) is 0 Å². The lowest BCUT2D eigenvalue weighted by atomic mass is 9.89. The van der Waals surface area contributed by atoms with Crippen LogP contribution in [0.4, 0.5) is 0 Å². The summed E-state index contributed by atoms with van der Waals surface area (Å²) < 4.78 is 7.07. The van der Waals surface area contributed by atoms with Crippen LogP contribution in [0.25, 0.3) is 0 Å². The number of hydrogen-bond acceptors (Lipinski definition) is 5. The minimum atomic E-state index is -0.819. The van der Waals surface area contributed by atoms with Gasteiger partial charge in [-0.25, -0.2) is 4.79 Å². The van der Waals surface area contributed by atoms with E-state index in [0.717, 1.165) is 25.1 Å². The number of aliphatic hydroxyl groups is 1. The van der Waals surface area contributed by atoms with E-state index in [-0.39, 0.29) is 12.1 Å². The Morgan fingerprint density at radius 3 is 2.48 bits per heavy atom. The predicted molar refractivity (Wildman–Crippen MR) is 112 cm³/mol. The Labute approximate surface area is 171 Å². The van der Waals surface area contributed by atoms with Gasteiger partial charge in [0, 0.05) is 18.3 Å². The van der Waals surface area contributed by atoms with Gasteiger partial charge < -0.3 is 19.3 Å². The number of cyclic esters (lactones) is 1. The number of carbonyl (C=O) groups is 1. The molecule has 2 atom stereocenters. The molecule has 0 fully saturated rings. The maximum absolute atomic E-state index is 12.9. The number of rotatable bonds is 9. The lowest BCUT2D eigenvalue weighted by Gasteiger charge is -2.24. The average molecular weight is 399 g/mol. The van der Waals surface area contributed by atoms with E-state index in [1.807, 2.05) is 51.1 Å². The number of fused-ring (bicyclic) bond motifs is 1. The number of aliphatic hydroxyl groups excluding tert-OH is 1. The van der Waals surface area contributed by atoms with Crippen molar-refractivity contribution in [1.29, 1.82) is 0 Å². The number of pyridine rings is 1. The molecule has 0 amide bonds. The van der Waals surface area contributed by atoms with Crippen LogP contribution >= 0.6 is 0 Å². The molecule has 0 saturated heterocycles. The normalized spacial score (nSPS) is 19.3. The first-order valence-corrected chi connectivity index (χ1v) is 10.3. The van der Waals surface area contributed by atoms with E-state index in [9.17, 15) is 14.7 Å². The molecule has 1 aliphatic heterocycles. The van der Waals surface area contributed by atoms with Gasteiger partial charge in [-0.15, -0.1) is 0 Å². The fourth-order valence-electron chi connectivity index (χ4n) is 3.94. The number of esters is 1. The van der Waals surface area contributed by atoms with Gasteiger partial charge >= 0.3 is 5.97 Å². The lowest BCUT2D eigenvalue weighted by Crippen LogP contribution is -2.37. The molecule has 3 rings (SSSR count). The van der Waals surface area contributed by atoms with E-state index in [4.69, 9.17) is 4.74 Å². The van der Waals surface area contributed by atoms with Gasteiger partial charge in [-0.1, -0.05) is 44.2 Å². The van der Waals surface area contributed by atoms with Crippen LogP contribution in [0.5, 0.6) is 0 Å². The Bertz CT molecular complexity index is 905. The van der Waals surface area contributed by atoms with Crippen molar-refractivity contribution in [1.82, 2.24) is 9.47 Å². The number of aromatic nitrogens is 1. The van der Waals surface area contributed by atoms with Crippen molar-refractivity contribution in [3.63, 3.8) is 0 Å². The molecule has 1 N–H and O–H groups in total. The van der Waals surface area contributed by atoms with Gasteiger partial charge in [0.05, 0.1) is 12.6 Å². The summed E-state index contributed by atoms with van der Waals surface area (Å²) in [5.74, 6) is -0.576. The molecule has 0 saturated carbocycles. The van der Waals surface area contributed by atoms with Crippen LogP contribution in [0.1, 0.15) is 48.7 Å². The summed E-state index contributed by atoms with van der Waals surface area (Å²) in [7, 11) is 0. The largest absolute Gasteiger partial charge is 0.451 e. The van der Waals surface area contributed by atoms with Gasteiger partial charge in [0.1, 0.15) is 11.2 Å². The summed E-state index contributed by atoms with van der Waals surface area (Å²) in [5, 5.41) is 10.4. The van der Waals surface area contributed by atoms with Crippen LogP contribution in [0, 0.1) is 0 Å². The van der Waals surface area contributed by atoms with Crippen molar-refractivity contribution in [3.8, 4) is 0 Å². The molecule has 0 unspecified atom stereocenters. The first-order chi connectivity index (χ1) is 13.9. The zero-order valence-corrected chi connectivity index (χ0v) is 17.4. The summed E-state index contributed by atoms with van der Waals surface area (Å²) in [6.45, 7) is 8.22. The molecule has 1 aromatic carbocycles. The molecule has 1 aromatic heterocycles. The smallest absolute Gasteiger partial charge is 0.345 e. The summed E-state index contributed by atoms with van der Waals surface area (Å²) in [6, 6.07) is 11.8. The van der Waals surface area contributed by atoms with Crippen LogP contribution in [0.3, 0.4) is 0 Å². The summed E-state index contributed by atoms with van der Waals surface area (Å²) >= 11 is 0. The van der Waals surface area contributed by atoms with Crippen LogP contribution in [-0.2, 0) is 23.3 Å². The minimum absolute atomic E-state index is 0.0955. The number of likely N-dealkylation sites (N-methyl/N-ethyl adjacent to an activating group) is 1. The van der Waals surface area contributed by atoms with E-state index in [1.54, 1.807) is 12.3 Å². The Kier molecular flexibility index (Phi) is 6.55. The molecule has 0 radical (unpaired) electrons. The molecule has 6 nitrogen and oxygen atoms in total. The standard InChI is InChI=1S/C23H30N2O4/c1-4-24(5-2)15-18(26)16-25-14-12-19-20(21(25)27)22(28)29-23(19,3)13-11-17-9-7-6-8-10-17/h6-10,12,14,18,26H,4-5,11,13,15-16H2,1-3H3/t18-,23+/m1/s1. The maximum Gasteiger partial charge on any atom is 0.345 e. The molecule has 156 valence electrons. The molecule has 2 aromatic rings. The van der Waals surface area contributed by atoms with Crippen molar-refractivity contribution < 1.29 is 14.6 Å². The highest BCUT2D eigenvalue weighted by Crippen LogP contribution is 2.38. The average Bonchev–Trinajstić information content (AvgIpc) is 2.98. The molecule has 0 aliphatic carbocycles. The Hall–Kier alpha value is -2.44. The highest BCUT2D eigenvalue weighted by molar-refractivity contribution is 5.94. The molecule has 6 heteroatoms. The Balaban J connectivity index is 1.79. The monoisotopic (exact) mass is 398 g/mol. The van der Waals surface area contributed by atoms with E-state index in [2.05, 4.69) is 4.90 Å². The second-order valence-corrected chi connectivity index (χ2v) is 7.81. The molecule has 2 heterocycles. The maximum atomic E-state index is 12.9. The van der Waals surface area contributed by atoms with E-state index in [0.29, 0.717) is 18.5 Å². The fraction of sp³-hybridized carbons (Fsp3) is 0.478. The summed E-state index contributed by atoms with van der Waals surface area (Å²) in [4.78, 5) is 27.5. The number of hydrogen-bond donors (Lipinski definition) is 1. The molecule has 29 heavy (non-hydrogen) atoms. The molecule has 0 spiro atoms. The van der Waals surface area contributed by atoms with Crippen LogP contribution in [0.15, 0.2) is 47.4 Å². The quantitative estimate of drug-likeness (QED) is 0.658. The van der Waals surface area contributed by atoms with E-state index < -0.39 is 23.2 Å². The van der Waals surface area contributed by atoms with Crippen molar-refractivity contribution in [3.05, 3.63) is 69.6 Å². The molecular formula is C23H30N2O4. The fourth-order valence-corrected chi connectivity index (χ4v) is 3.94. The number of nitrogens with zero attached hydrogens (tertiary/aromatic N) is 2. The first kappa shape index (κ1) is 21.3. The third kappa shape index (κ3) is 4.60. The highest BCUT2D eigenvalue weighted by Gasteiger charge is 2.43. The summed E-state index contributed by atoms with van der Waals surface area (Å²) in [6.07, 6.45) is 2.32. The topological polar surface area (TPSA) is 71.8 Å². The van der Waals surface area contributed by atoms with Crippen LogP contribution in [0.2, 0.25) is 0 Å². The van der Waals surface area contributed by atoms with Gasteiger partial charge in [0.15, 0.2) is 0 Å². The van der Waals surface area contributed by atoms with Crippen LogP contribution < -0.4 is 5.56 Å².